The minimum Gasteiger partial charge on any atom is -0.508 e. The van der Waals surface area contributed by atoms with Crippen molar-refractivity contribution in [3.8, 4) is 29.9 Å². The molecule has 26 heavy (non-hydrogen) atoms. The van der Waals surface area contributed by atoms with Crippen LogP contribution < -0.4 is 15.2 Å². The van der Waals surface area contributed by atoms with Crippen molar-refractivity contribution in [2.75, 3.05) is 12.1 Å². The quantitative estimate of drug-likeness (QED) is 0.473. The molecule has 132 valence electrons. The molecule has 2 N–H and O–H groups in total. The van der Waals surface area contributed by atoms with Crippen LogP contribution >= 0.6 is 0 Å². The number of hydrogen-bond acceptors (Lipinski definition) is 5. The van der Waals surface area contributed by atoms with Gasteiger partial charge in [0.05, 0.1) is 11.3 Å². The number of anilines is 1. The number of terminal acetylenes is 1. The van der Waals surface area contributed by atoms with Gasteiger partial charge in [0, 0.05) is 13.2 Å². The lowest BCUT2D eigenvalue weighted by molar-refractivity contribution is 0.292. The van der Waals surface area contributed by atoms with Crippen molar-refractivity contribution in [1.82, 2.24) is 5.43 Å². The summed E-state index contributed by atoms with van der Waals surface area (Å²) in [6.07, 6.45) is 6.43. The van der Waals surface area contributed by atoms with E-state index in [-0.39, 0.29) is 29.2 Å². The Morgan fingerprint density at radius 2 is 1.92 bits per heavy atom. The molecule has 0 saturated carbocycles. The molecule has 2 aromatic rings. The van der Waals surface area contributed by atoms with Crippen molar-refractivity contribution in [2.45, 2.75) is 6.61 Å². The minimum absolute atomic E-state index is 0.0140. The van der Waals surface area contributed by atoms with Crippen LogP contribution in [0.1, 0.15) is 5.56 Å². The summed E-state index contributed by atoms with van der Waals surface area (Å²) in [5, 5.41) is 19.3. The average molecular weight is 355 g/mol. The molecule has 0 aliphatic carbocycles. The van der Waals surface area contributed by atoms with Crippen LogP contribution in [-0.2, 0) is 6.61 Å². The molecule has 2 aromatic carbocycles. The third kappa shape index (κ3) is 4.50. The summed E-state index contributed by atoms with van der Waals surface area (Å²) in [7, 11) is 1.51. The minimum atomic E-state index is -0.813. The summed E-state index contributed by atoms with van der Waals surface area (Å²) >= 11 is 0. The molecule has 0 atom stereocenters. The van der Waals surface area contributed by atoms with Crippen LogP contribution in [0.15, 0.2) is 48.2 Å². The zero-order valence-corrected chi connectivity index (χ0v) is 13.8. The molecule has 0 spiro atoms. The number of aromatic hydroxyl groups is 1. The first-order valence-corrected chi connectivity index (χ1v) is 7.43. The summed E-state index contributed by atoms with van der Waals surface area (Å²) in [5.41, 5.74) is 2.54. The SMILES string of the molecule is C#C/C(C#N)=C\N(NC)c1cc(F)c(COc2ccc(O)cc2)c(F)c1. The number of ether oxygens (including phenoxy) is 1. The second kappa shape index (κ2) is 8.52. The van der Waals surface area contributed by atoms with Gasteiger partial charge in [-0.1, -0.05) is 5.92 Å². The molecule has 0 radical (unpaired) electrons. The van der Waals surface area contributed by atoms with Crippen LogP contribution in [0.2, 0.25) is 0 Å². The van der Waals surface area contributed by atoms with E-state index in [0.29, 0.717) is 5.75 Å². The molecular formula is C19H15F2N3O2. The summed E-state index contributed by atoms with van der Waals surface area (Å²) < 4.78 is 34.0. The van der Waals surface area contributed by atoms with Gasteiger partial charge in [-0.25, -0.2) is 14.2 Å². The summed E-state index contributed by atoms with van der Waals surface area (Å²) in [4.78, 5) is 0. The highest BCUT2D eigenvalue weighted by Crippen LogP contribution is 2.24. The standard InChI is InChI=1S/C19H15F2N3O2/c1-3-13(10-22)11-24(23-2)14-8-18(20)17(19(21)9-14)12-26-16-6-4-15(25)5-7-16/h1,4-9,11,23,25H,12H2,2H3/b13-11+. The number of nitrogens with zero attached hydrogens (tertiary/aromatic N) is 2. The lowest BCUT2D eigenvalue weighted by Gasteiger charge is -2.20. The number of hydrazine groups is 1. The number of allylic oxidation sites excluding steroid dienone is 1. The molecule has 0 unspecified atom stereocenters. The molecule has 0 saturated heterocycles. The van der Waals surface area contributed by atoms with E-state index in [1.54, 1.807) is 6.07 Å². The van der Waals surface area contributed by atoms with Crippen LogP contribution in [0.5, 0.6) is 11.5 Å². The van der Waals surface area contributed by atoms with E-state index in [2.05, 4.69) is 11.3 Å². The highest BCUT2D eigenvalue weighted by molar-refractivity contribution is 5.53. The van der Waals surface area contributed by atoms with Crippen molar-refractivity contribution in [3.05, 3.63) is 65.4 Å². The second-order valence-corrected chi connectivity index (χ2v) is 5.06. The second-order valence-electron chi connectivity index (χ2n) is 5.06. The lowest BCUT2D eigenvalue weighted by atomic mass is 10.1. The zero-order chi connectivity index (χ0) is 19.1. The lowest BCUT2D eigenvalue weighted by Crippen LogP contribution is -2.30. The van der Waals surface area contributed by atoms with Gasteiger partial charge < -0.3 is 9.84 Å². The van der Waals surface area contributed by atoms with Crippen molar-refractivity contribution >= 4 is 5.69 Å². The third-order valence-corrected chi connectivity index (χ3v) is 3.40. The zero-order valence-electron chi connectivity index (χ0n) is 13.8. The Hall–Kier alpha value is -3.55. The summed E-state index contributed by atoms with van der Waals surface area (Å²) in [5.74, 6) is 0.953. The summed E-state index contributed by atoms with van der Waals surface area (Å²) in [6, 6.07) is 9.75. The Morgan fingerprint density at radius 1 is 1.31 bits per heavy atom. The highest BCUT2D eigenvalue weighted by atomic mass is 19.1. The fourth-order valence-electron chi connectivity index (χ4n) is 2.06. The van der Waals surface area contributed by atoms with Crippen molar-refractivity contribution < 1.29 is 18.6 Å². The Balaban J connectivity index is 2.24. The number of benzene rings is 2. The van der Waals surface area contributed by atoms with Gasteiger partial charge in [-0.3, -0.25) is 5.01 Å². The average Bonchev–Trinajstić information content (AvgIpc) is 2.63. The molecule has 0 aliphatic rings. The molecule has 0 heterocycles. The predicted molar refractivity (Wildman–Crippen MR) is 92.9 cm³/mol. The number of rotatable bonds is 6. The normalized spacial score (nSPS) is 10.7. The Kier molecular flexibility index (Phi) is 6.15. The van der Waals surface area contributed by atoms with E-state index in [1.807, 2.05) is 0 Å². The first-order valence-electron chi connectivity index (χ1n) is 7.43. The van der Waals surface area contributed by atoms with Crippen molar-refractivity contribution in [3.63, 3.8) is 0 Å². The fourth-order valence-corrected chi connectivity index (χ4v) is 2.06. The van der Waals surface area contributed by atoms with Gasteiger partial charge in [0.2, 0.25) is 0 Å². The van der Waals surface area contributed by atoms with Gasteiger partial charge in [-0.2, -0.15) is 5.26 Å². The van der Waals surface area contributed by atoms with Crippen molar-refractivity contribution in [1.29, 1.82) is 5.26 Å². The monoisotopic (exact) mass is 355 g/mol. The molecule has 0 bridgehead atoms. The van der Waals surface area contributed by atoms with E-state index < -0.39 is 11.6 Å². The molecule has 0 fully saturated rings. The van der Waals surface area contributed by atoms with Gasteiger partial charge >= 0.3 is 0 Å². The number of halogens is 2. The Bertz CT molecular complexity index is 857. The van der Waals surface area contributed by atoms with E-state index in [9.17, 15) is 13.9 Å². The number of phenolic OH excluding ortho intramolecular Hbond substituents is 1. The maximum atomic E-state index is 14.3. The molecule has 2 rings (SSSR count). The number of nitrogens with one attached hydrogen (secondary N) is 1. The molecule has 5 nitrogen and oxygen atoms in total. The van der Waals surface area contributed by atoms with Crippen LogP contribution in [0.25, 0.3) is 0 Å². The Labute approximate surface area is 149 Å². The molecule has 7 heteroatoms. The van der Waals surface area contributed by atoms with Crippen LogP contribution in [0.4, 0.5) is 14.5 Å². The number of hydrogen-bond donors (Lipinski definition) is 2. The van der Waals surface area contributed by atoms with Gasteiger partial charge in [0.25, 0.3) is 0 Å². The Morgan fingerprint density at radius 3 is 2.42 bits per heavy atom. The van der Waals surface area contributed by atoms with E-state index >= 15 is 0 Å². The van der Waals surface area contributed by atoms with Crippen LogP contribution in [0, 0.1) is 35.3 Å². The van der Waals surface area contributed by atoms with Crippen molar-refractivity contribution in [2.24, 2.45) is 0 Å². The van der Waals surface area contributed by atoms with Gasteiger partial charge in [-0.05, 0) is 36.4 Å². The first kappa shape index (κ1) is 18.8. The smallest absolute Gasteiger partial charge is 0.134 e. The van der Waals surface area contributed by atoms with E-state index in [1.165, 1.54) is 42.5 Å². The van der Waals surface area contributed by atoms with E-state index in [4.69, 9.17) is 16.4 Å². The maximum Gasteiger partial charge on any atom is 0.134 e. The molecule has 0 amide bonds. The first-order chi connectivity index (χ1) is 12.5. The molecule has 0 aromatic heterocycles. The highest BCUT2D eigenvalue weighted by Gasteiger charge is 2.15. The van der Waals surface area contributed by atoms with Crippen LogP contribution in [0.3, 0.4) is 0 Å². The van der Waals surface area contributed by atoms with Gasteiger partial charge in [-0.15, -0.1) is 6.42 Å². The summed E-state index contributed by atoms with van der Waals surface area (Å²) in [6.45, 7) is -0.327. The number of phenols is 1. The van der Waals surface area contributed by atoms with E-state index in [0.717, 1.165) is 12.1 Å². The van der Waals surface area contributed by atoms with Gasteiger partial charge in [0.1, 0.15) is 41.4 Å². The topological polar surface area (TPSA) is 68.5 Å². The molecule has 0 aliphatic heterocycles. The molecular weight excluding hydrogens is 340 g/mol. The van der Waals surface area contributed by atoms with Gasteiger partial charge in [0.15, 0.2) is 0 Å². The maximum absolute atomic E-state index is 14.3. The van der Waals surface area contributed by atoms with Crippen LogP contribution in [-0.4, -0.2) is 12.2 Å². The third-order valence-electron chi connectivity index (χ3n) is 3.40. The largest absolute Gasteiger partial charge is 0.508 e. The fraction of sp³-hybridized carbons (Fsp3) is 0.105. The predicted octanol–water partition coefficient (Wildman–Crippen LogP) is 3.23. The number of nitriles is 1.